The molecule has 0 fully saturated rings. The number of aromatic nitrogens is 2. The number of nitrogens with one attached hydrogen (secondary N) is 1. The molecule has 1 amide bonds. The Morgan fingerprint density at radius 3 is 2.71 bits per heavy atom. The Kier molecular flexibility index (Phi) is 4.03. The standard InChI is InChI=1S/C15H16N4O2/c1-15(2,3)21-14(20)19-13-10-6-4-5-7-11(10)17-12(18-13)8-9-16/h4-7H,8H2,1-3H3,(H,17,18,19,20). The zero-order chi connectivity index (χ0) is 15.5. The fourth-order valence-corrected chi connectivity index (χ4v) is 1.77. The summed E-state index contributed by atoms with van der Waals surface area (Å²) in [5.41, 5.74) is 0.0754. The number of hydrogen-bond donors (Lipinski definition) is 1. The van der Waals surface area contributed by atoms with Gasteiger partial charge in [-0.3, -0.25) is 5.32 Å². The Morgan fingerprint density at radius 1 is 1.33 bits per heavy atom. The lowest BCUT2D eigenvalue weighted by molar-refractivity contribution is 0.0635. The van der Waals surface area contributed by atoms with Crippen LogP contribution in [0.2, 0.25) is 0 Å². The minimum absolute atomic E-state index is 0.0772. The summed E-state index contributed by atoms with van der Waals surface area (Å²) in [6.45, 7) is 5.35. The molecule has 2 rings (SSSR count). The van der Waals surface area contributed by atoms with Crippen molar-refractivity contribution in [1.29, 1.82) is 5.26 Å². The summed E-state index contributed by atoms with van der Waals surface area (Å²) in [5, 5.41) is 12.1. The van der Waals surface area contributed by atoms with E-state index in [1.807, 2.05) is 18.2 Å². The third-order valence-corrected chi connectivity index (χ3v) is 2.51. The number of anilines is 1. The molecule has 0 unspecified atom stereocenters. The number of amides is 1. The average molecular weight is 284 g/mol. The van der Waals surface area contributed by atoms with Crippen LogP contribution in [0.15, 0.2) is 24.3 Å². The maximum Gasteiger partial charge on any atom is 0.413 e. The monoisotopic (exact) mass is 284 g/mol. The number of fused-ring (bicyclic) bond motifs is 1. The lowest BCUT2D eigenvalue weighted by Crippen LogP contribution is -2.27. The van der Waals surface area contributed by atoms with Crippen LogP contribution in [0.3, 0.4) is 0 Å². The molecular formula is C15H16N4O2. The van der Waals surface area contributed by atoms with Crippen molar-refractivity contribution < 1.29 is 9.53 Å². The van der Waals surface area contributed by atoms with E-state index in [0.717, 1.165) is 0 Å². The molecule has 6 heteroatoms. The van der Waals surface area contributed by atoms with Crippen LogP contribution in [0.4, 0.5) is 10.6 Å². The van der Waals surface area contributed by atoms with Crippen LogP contribution >= 0.6 is 0 Å². The number of benzene rings is 1. The molecule has 1 aromatic carbocycles. The second-order valence-electron chi connectivity index (χ2n) is 5.47. The van der Waals surface area contributed by atoms with Gasteiger partial charge in [-0.1, -0.05) is 12.1 Å². The van der Waals surface area contributed by atoms with Crippen LogP contribution in [-0.2, 0) is 11.2 Å². The summed E-state index contributed by atoms with van der Waals surface area (Å²) < 4.78 is 5.21. The van der Waals surface area contributed by atoms with Crippen molar-refractivity contribution in [2.45, 2.75) is 32.8 Å². The summed E-state index contributed by atoms with van der Waals surface area (Å²) >= 11 is 0. The van der Waals surface area contributed by atoms with Gasteiger partial charge < -0.3 is 4.74 Å². The number of carbonyl (C=O) groups is 1. The van der Waals surface area contributed by atoms with Crippen molar-refractivity contribution in [1.82, 2.24) is 9.97 Å². The highest BCUT2D eigenvalue weighted by Crippen LogP contribution is 2.21. The highest BCUT2D eigenvalue weighted by molar-refractivity contribution is 5.96. The third-order valence-electron chi connectivity index (χ3n) is 2.51. The van der Waals surface area contributed by atoms with Gasteiger partial charge in [-0.05, 0) is 32.9 Å². The highest BCUT2D eigenvalue weighted by Gasteiger charge is 2.18. The SMILES string of the molecule is CC(C)(C)OC(=O)Nc1nc(CC#N)nc2ccccc12. The van der Waals surface area contributed by atoms with Crippen LogP contribution in [-0.4, -0.2) is 21.7 Å². The third kappa shape index (κ3) is 3.89. The van der Waals surface area contributed by atoms with Gasteiger partial charge in [-0.15, -0.1) is 0 Å². The highest BCUT2D eigenvalue weighted by atomic mass is 16.6. The first-order chi connectivity index (χ1) is 9.89. The Morgan fingerprint density at radius 2 is 2.05 bits per heavy atom. The molecule has 1 heterocycles. The van der Waals surface area contributed by atoms with E-state index in [1.54, 1.807) is 32.9 Å². The summed E-state index contributed by atoms with van der Waals surface area (Å²) in [5.74, 6) is 0.711. The minimum Gasteiger partial charge on any atom is -0.444 e. The van der Waals surface area contributed by atoms with E-state index in [9.17, 15) is 4.79 Å². The summed E-state index contributed by atoms with van der Waals surface area (Å²) in [6.07, 6.45) is -0.511. The van der Waals surface area contributed by atoms with Crippen molar-refractivity contribution in [2.24, 2.45) is 0 Å². The van der Waals surface area contributed by atoms with E-state index >= 15 is 0 Å². The summed E-state index contributed by atoms with van der Waals surface area (Å²) in [7, 11) is 0. The topological polar surface area (TPSA) is 87.9 Å². The van der Waals surface area contributed by atoms with Crippen LogP contribution in [0.25, 0.3) is 10.9 Å². The number of hydrogen-bond acceptors (Lipinski definition) is 5. The predicted molar refractivity (Wildman–Crippen MR) is 78.7 cm³/mol. The number of para-hydroxylation sites is 1. The van der Waals surface area contributed by atoms with Gasteiger partial charge in [-0.25, -0.2) is 14.8 Å². The number of nitriles is 1. The molecule has 0 spiro atoms. The van der Waals surface area contributed by atoms with Gasteiger partial charge in [0.25, 0.3) is 0 Å². The first kappa shape index (κ1) is 14.7. The van der Waals surface area contributed by atoms with E-state index in [2.05, 4.69) is 15.3 Å². The maximum absolute atomic E-state index is 11.9. The summed E-state index contributed by atoms with van der Waals surface area (Å²) in [6, 6.07) is 9.27. The number of rotatable bonds is 2. The van der Waals surface area contributed by atoms with Crippen LogP contribution < -0.4 is 5.32 Å². The van der Waals surface area contributed by atoms with Gasteiger partial charge in [-0.2, -0.15) is 5.26 Å². The van der Waals surface area contributed by atoms with Gasteiger partial charge in [0, 0.05) is 5.39 Å². The molecule has 108 valence electrons. The minimum atomic E-state index is -0.595. The molecule has 0 saturated carbocycles. The molecular weight excluding hydrogens is 268 g/mol. The molecule has 1 N–H and O–H groups in total. The second kappa shape index (κ2) is 5.75. The van der Waals surface area contributed by atoms with Crippen LogP contribution in [0, 0.1) is 11.3 Å². The molecule has 1 aromatic heterocycles. The molecule has 21 heavy (non-hydrogen) atoms. The molecule has 0 bridgehead atoms. The fraction of sp³-hybridized carbons (Fsp3) is 0.333. The lowest BCUT2D eigenvalue weighted by Gasteiger charge is -2.19. The fourth-order valence-electron chi connectivity index (χ4n) is 1.77. The largest absolute Gasteiger partial charge is 0.444 e. The first-order valence-corrected chi connectivity index (χ1v) is 6.51. The van der Waals surface area contributed by atoms with Gasteiger partial charge >= 0.3 is 6.09 Å². The van der Waals surface area contributed by atoms with Crippen molar-refractivity contribution in [3.05, 3.63) is 30.1 Å². The molecule has 0 aliphatic rings. The van der Waals surface area contributed by atoms with E-state index < -0.39 is 11.7 Å². The summed E-state index contributed by atoms with van der Waals surface area (Å²) in [4.78, 5) is 20.4. The van der Waals surface area contributed by atoms with Gasteiger partial charge in [0.2, 0.25) is 0 Å². The molecule has 2 aromatic rings. The lowest BCUT2D eigenvalue weighted by atomic mass is 10.2. The number of nitrogens with zero attached hydrogens (tertiary/aromatic N) is 3. The Labute approximate surface area is 122 Å². The van der Waals surface area contributed by atoms with Crippen molar-refractivity contribution in [3.63, 3.8) is 0 Å². The number of ether oxygens (including phenoxy) is 1. The normalized spacial score (nSPS) is 11.0. The molecule has 6 nitrogen and oxygen atoms in total. The Bertz CT molecular complexity index is 714. The van der Waals surface area contributed by atoms with Crippen LogP contribution in [0.1, 0.15) is 26.6 Å². The first-order valence-electron chi connectivity index (χ1n) is 6.51. The van der Waals surface area contributed by atoms with E-state index in [-0.39, 0.29) is 6.42 Å². The quantitative estimate of drug-likeness (QED) is 0.915. The Hall–Kier alpha value is -2.68. The molecule has 0 saturated heterocycles. The smallest absolute Gasteiger partial charge is 0.413 e. The van der Waals surface area contributed by atoms with E-state index in [1.165, 1.54) is 0 Å². The molecule has 0 radical (unpaired) electrons. The van der Waals surface area contributed by atoms with Crippen molar-refractivity contribution in [3.8, 4) is 6.07 Å². The number of carbonyl (C=O) groups excluding carboxylic acids is 1. The van der Waals surface area contributed by atoms with Crippen molar-refractivity contribution in [2.75, 3.05) is 5.32 Å². The van der Waals surface area contributed by atoms with E-state index in [0.29, 0.717) is 22.5 Å². The zero-order valence-electron chi connectivity index (χ0n) is 12.2. The van der Waals surface area contributed by atoms with Crippen LogP contribution in [0.5, 0.6) is 0 Å². The average Bonchev–Trinajstić information content (AvgIpc) is 2.37. The molecule has 0 aliphatic heterocycles. The van der Waals surface area contributed by atoms with Gasteiger partial charge in [0.15, 0.2) is 0 Å². The second-order valence-corrected chi connectivity index (χ2v) is 5.47. The maximum atomic E-state index is 11.9. The zero-order valence-corrected chi connectivity index (χ0v) is 12.2. The van der Waals surface area contributed by atoms with E-state index in [4.69, 9.17) is 10.00 Å². The van der Waals surface area contributed by atoms with Crippen molar-refractivity contribution >= 4 is 22.8 Å². The molecule has 0 aliphatic carbocycles. The molecule has 0 atom stereocenters. The van der Waals surface area contributed by atoms with Gasteiger partial charge in [0.1, 0.15) is 17.2 Å². The Balaban J connectivity index is 2.37. The van der Waals surface area contributed by atoms with Gasteiger partial charge in [0.05, 0.1) is 18.0 Å². The predicted octanol–water partition coefficient (Wildman–Crippen LogP) is 3.04.